The molecule has 22 heavy (non-hydrogen) atoms. The van der Waals surface area contributed by atoms with Gasteiger partial charge in [0.15, 0.2) is 0 Å². The Kier molecular flexibility index (Phi) is 5.84. The Morgan fingerprint density at radius 2 is 1.68 bits per heavy atom. The fourth-order valence-electron chi connectivity index (χ4n) is 2.71. The average molecular weight is 300 g/mol. The molecule has 2 aromatic carbocycles. The highest BCUT2D eigenvalue weighted by Gasteiger charge is 2.18. The summed E-state index contributed by atoms with van der Waals surface area (Å²) in [5.74, 6) is 2.14. The maximum Gasteiger partial charge on any atom is 0.122 e. The van der Waals surface area contributed by atoms with E-state index in [1.807, 2.05) is 38.1 Å². The molecule has 0 fully saturated rings. The number of hydrogen-bond donors (Lipinski definition) is 1. The molecule has 0 aliphatic carbocycles. The summed E-state index contributed by atoms with van der Waals surface area (Å²) in [7, 11) is 1.72. The Labute approximate surface area is 133 Å². The first-order chi connectivity index (χ1) is 10.7. The lowest BCUT2D eigenvalue weighted by atomic mass is 9.88. The molecule has 0 saturated heterocycles. The van der Waals surface area contributed by atoms with Gasteiger partial charge in [-0.2, -0.15) is 0 Å². The maximum atomic E-state index is 5.72. The van der Waals surface area contributed by atoms with Gasteiger partial charge in [-0.15, -0.1) is 0 Å². The van der Waals surface area contributed by atoms with E-state index in [1.165, 1.54) is 11.1 Å². The number of hydrogen-bond acceptors (Lipinski definition) is 2. The number of ether oxygens (including phenoxy) is 2. The molecule has 118 valence electrons. The molecule has 0 aliphatic heterocycles. The van der Waals surface area contributed by atoms with Crippen LogP contribution in [0.15, 0.2) is 48.5 Å². The monoisotopic (exact) mass is 300 g/mol. The second-order valence-corrected chi connectivity index (χ2v) is 5.67. The van der Waals surface area contributed by atoms with Gasteiger partial charge in [0.25, 0.3) is 0 Å². The van der Waals surface area contributed by atoms with Gasteiger partial charge in [-0.1, -0.05) is 30.3 Å². The highest BCUT2D eigenvalue weighted by atomic mass is 16.5. The molecule has 3 nitrogen and oxygen atoms in total. The Morgan fingerprint density at radius 1 is 1.00 bits per heavy atom. The Morgan fingerprint density at radius 3 is 2.27 bits per heavy atom. The zero-order valence-electron chi connectivity index (χ0n) is 13.7. The molecule has 0 saturated carbocycles. The predicted octanol–water partition coefficient (Wildman–Crippen LogP) is 3.25. The van der Waals surface area contributed by atoms with Gasteiger partial charge in [-0.3, -0.25) is 0 Å². The van der Waals surface area contributed by atoms with Gasteiger partial charge in [0, 0.05) is 17.9 Å². The second kappa shape index (κ2) is 7.85. The second-order valence-electron chi connectivity index (χ2n) is 5.67. The van der Waals surface area contributed by atoms with Crippen molar-refractivity contribution in [1.29, 1.82) is 0 Å². The minimum atomic E-state index is 0.190. The van der Waals surface area contributed by atoms with Gasteiger partial charge in [-0.05, 0) is 37.6 Å². The molecule has 0 aliphatic rings. The van der Waals surface area contributed by atoms with Crippen LogP contribution < -0.4 is 15.2 Å². The zero-order chi connectivity index (χ0) is 15.9. The minimum absolute atomic E-state index is 0.190. The molecule has 0 heterocycles. The van der Waals surface area contributed by atoms with Crippen LogP contribution in [-0.2, 0) is 0 Å². The summed E-state index contributed by atoms with van der Waals surface area (Å²) < 4.78 is 11.2. The van der Waals surface area contributed by atoms with Crippen molar-refractivity contribution in [2.75, 3.05) is 13.7 Å². The molecular formula is C19H26NO2+. The standard InChI is InChI=1S/C19H25NO2/c1-14(2)22-16-10-8-15(9-11-16)17(12-13-20)18-6-4-5-7-19(18)21-3/h4-11,14,17H,12-13,20H2,1-3H3/p+1/t17-/m1/s1. The Balaban J connectivity index is 2.31. The molecule has 2 rings (SSSR count). The van der Waals surface area contributed by atoms with E-state index >= 15 is 0 Å². The average Bonchev–Trinajstić information content (AvgIpc) is 2.53. The zero-order valence-corrected chi connectivity index (χ0v) is 13.7. The lowest BCUT2D eigenvalue weighted by molar-refractivity contribution is -0.368. The Bertz CT molecular complexity index is 578. The van der Waals surface area contributed by atoms with Crippen molar-refractivity contribution in [3.63, 3.8) is 0 Å². The van der Waals surface area contributed by atoms with Crippen LogP contribution in [0.1, 0.15) is 37.3 Å². The van der Waals surface area contributed by atoms with E-state index in [4.69, 9.17) is 9.47 Å². The SMILES string of the molecule is COc1ccccc1[C@H](CC[NH3+])c1ccc(OC(C)C)cc1. The van der Waals surface area contributed by atoms with Crippen molar-refractivity contribution < 1.29 is 15.2 Å². The molecule has 0 bridgehead atoms. The number of para-hydroxylation sites is 1. The van der Waals surface area contributed by atoms with Gasteiger partial charge in [0.2, 0.25) is 0 Å². The van der Waals surface area contributed by atoms with Gasteiger partial charge in [0.05, 0.1) is 19.8 Å². The van der Waals surface area contributed by atoms with Crippen molar-refractivity contribution in [1.82, 2.24) is 0 Å². The van der Waals surface area contributed by atoms with Gasteiger partial charge < -0.3 is 15.2 Å². The van der Waals surface area contributed by atoms with E-state index in [0.29, 0.717) is 5.92 Å². The van der Waals surface area contributed by atoms with Crippen molar-refractivity contribution in [2.24, 2.45) is 0 Å². The molecule has 0 radical (unpaired) electrons. The van der Waals surface area contributed by atoms with Gasteiger partial charge >= 0.3 is 0 Å². The lowest BCUT2D eigenvalue weighted by Crippen LogP contribution is -2.50. The summed E-state index contributed by atoms with van der Waals surface area (Å²) in [5.41, 5.74) is 6.51. The van der Waals surface area contributed by atoms with Gasteiger partial charge in [0.1, 0.15) is 11.5 Å². The smallest absolute Gasteiger partial charge is 0.122 e. The quantitative estimate of drug-likeness (QED) is 0.853. The molecule has 3 heteroatoms. The lowest BCUT2D eigenvalue weighted by Gasteiger charge is -2.20. The van der Waals surface area contributed by atoms with Crippen LogP contribution in [0.3, 0.4) is 0 Å². The summed E-state index contributed by atoms with van der Waals surface area (Å²) in [6, 6.07) is 16.6. The van der Waals surface area contributed by atoms with E-state index in [-0.39, 0.29) is 6.10 Å². The van der Waals surface area contributed by atoms with E-state index < -0.39 is 0 Å². The van der Waals surface area contributed by atoms with Crippen molar-refractivity contribution in [2.45, 2.75) is 32.3 Å². The van der Waals surface area contributed by atoms with Crippen LogP contribution in [0.2, 0.25) is 0 Å². The molecule has 0 aromatic heterocycles. The minimum Gasteiger partial charge on any atom is -0.496 e. The third kappa shape index (κ3) is 4.01. The van der Waals surface area contributed by atoms with E-state index in [9.17, 15) is 0 Å². The summed E-state index contributed by atoms with van der Waals surface area (Å²) in [5, 5.41) is 0. The molecule has 1 atom stereocenters. The van der Waals surface area contributed by atoms with E-state index in [0.717, 1.165) is 24.5 Å². The summed E-state index contributed by atoms with van der Waals surface area (Å²) in [6.45, 7) is 4.95. The first-order valence-corrected chi connectivity index (χ1v) is 7.84. The molecule has 0 unspecified atom stereocenters. The molecule has 2 aromatic rings. The van der Waals surface area contributed by atoms with Crippen molar-refractivity contribution in [3.8, 4) is 11.5 Å². The van der Waals surface area contributed by atoms with Crippen molar-refractivity contribution in [3.05, 3.63) is 59.7 Å². The topological polar surface area (TPSA) is 46.1 Å². The largest absolute Gasteiger partial charge is 0.496 e. The first-order valence-electron chi connectivity index (χ1n) is 7.84. The maximum absolute atomic E-state index is 5.72. The van der Waals surface area contributed by atoms with Crippen LogP contribution in [0.4, 0.5) is 0 Å². The molecule has 0 amide bonds. The predicted molar refractivity (Wildman–Crippen MR) is 89.4 cm³/mol. The van der Waals surface area contributed by atoms with Crippen LogP contribution >= 0.6 is 0 Å². The summed E-state index contributed by atoms with van der Waals surface area (Å²) in [6.07, 6.45) is 1.18. The van der Waals surface area contributed by atoms with Crippen LogP contribution in [0.5, 0.6) is 11.5 Å². The Hall–Kier alpha value is -2.00. The highest BCUT2D eigenvalue weighted by Crippen LogP contribution is 2.34. The van der Waals surface area contributed by atoms with Crippen LogP contribution in [0, 0.1) is 0 Å². The summed E-state index contributed by atoms with van der Waals surface area (Å²) in [4.78, 5) is 0. The van der Waals surface area contributed by atoms with Crippen LogP contribution in [-0.4, -0.2) is 19.8 Å². The first kappa shape index (κ1) is 16.4. The molecular weight excluding hydrogens is 274 g/mol. The molecule has 0 spiro atoms. The van der Waals surface area contributed by atoms with E-state index in [2.05, 4.69) is 30.0 Å². The normalized spacial score (nSPS) is 12.2. The highest BCUT2D eigenvalue weighted by molar-refractivity contribution is 5.43. The molecule has 3 N–H and O–H groups in total. The number of rotatable bonds is 7. The number of quaternary nitrogens is 1. The third-order valence-electron chi connectivity index (χ3n) is 3.66. The third-order valence-corrected chi connectivity index (χ3v) is 3.66. The fourth-order valence-corrected chi connectivity index (χ4v) is 2.71. The number of benzene rings is 2. The summed E-state index contributed by atoms with van der Waals surface area (Å²) >= 11 is 0. The fraction of sp³-hybridized carbons (Fsp3) is 0.368. The van der Waals surface area contributed by atoms with E-state index in [1.54, 1.807) is 7.11 Å². The van der Waals surface area contributed by atoms with Crippen LogP contribution in [0.25, 0.3) is 0 Å². The van der Waals surface area contributed by atoms with Crippen molar-refractivity contribution >= 4 is 0 Å². The van der Waals surface area contributed by atoms with Gasteiger partial charge in [-0.25, -0.2) is 0 Å². The number of methoxy groups -OCH3 is 1.